The smallest absolute Gasteiger partial charge is 0.335 e. The summed E-state index contributed by atoms with van der Waals surface area (Å²) >= 11 is 13.7. The molecule has 172 valence electrons. The second-order valence-electron chi connectivity index (χ2n) is 7.10. The predicted octanol–water partition coefficient (Wildman–Crippen LogP) is 7.38. The second kappa shape index (κ2) is 10.4. The number of hydrogen-bond acceptors (Lipinski definition) is 5. The average molecular weight is 624 g/mol. The van der Waals surface area contributed by atoms with Gasteiger partial charge in [0.1, 0.15) is 12.4 Å². The maximum absolute atomic E-state index is 12.9. The highest BCUT2D eigenvalue weighted by Gasteiger charge is 2.36. The minimum absolute atomic E-state index is 0.205. The van der Waals surface area contributed by atoms with Gasteiger partial charge in [0.25, 0.3) is 11.1 Å². The van der Waals surface area contributed by atoms with Crippen molar-refractivity contribution in [3.8, 4) is 5.75 Å². The van der Waals surface area contributed by atoms with E-state index in [2.05, 4.69) is 31.9 Å². The van der Waals surface area contributed by atoms with Crippen LogP contribution >= 0.6 is 55.2 Å². The molecule has 3 aromatic carbocycles. The normalized spacial score (nSPS) is 14.7. The first-order valence-corrected chi connectivity index (χ1v) is 12.5. The van der Waals surface area contributed by atoms with E-state index in [1.807, 2.05) is 0 Å². The van der Waals surface area contributed by atoms with Gasteiger partial charge in [-0.15, -0.1) is 0 Å². The minimum Gasteiger partial charge on any atom is -0.487 e. The van der Waals surface area contributed by atoms with Crippen LogP contribution in [0.5, 0.6) is 5.75 Å². The fourth-order valence-corrected chi connectivity index (χ4v) is 5.55. The van der Waals surface area contributed by atoms with Crippen LogP contribution in [0.25, 0.3) is 6.08 Å². The molecule has 1 heterocycles. The maximum Gasteiger partial charge on any atom is 0.335 e. The van der Waals surface area contributed by atoms with E-state index in [1.54, 1.807) is 54.6 Å². The number of benzene rings is 3. The average Bonchev–Trinajstić information content (AvgIpc) is 3.07. The molecule has 1 fully saturated rings. The number of anilines is 1. The lowest BCUT2D eigenvalue weighted by atomic mass is 10.1. The summed E-state index contributed by atoms with van der Waals surface area (Å²) in [6.07, 6.45) is 1.64. The quantitative estimate of drug-likeness (QED) is 0.289. The molecule has 10 heteroatoms. The van der Waals surface area contributed by atoms with Crippen molar-refractivity contribution in [1.29, 1.82) is 0 Å². The zero-order valence-corrected chi connectivity index (χ0v) is 21.9. The third kappa shape index (κ3) is 5.38. The topological polar surface area (TPSA) is 83.9 Å². The van der Waals surface area contributed by atoms with Crippen molar-refractivity contribution in [3.63, 3.8) is 0 Å². The summed E-state index contributed by atoms with van der Waals surface area (Å²) in [5.41, 5.74) is 2.16. The molecule has 0 radical (unpaired) electrons. The van der Waals surface area contributed by atoms with Crippen LogP contribution < -0.4 is 9.64 Å². The molecular weight excluding hydrogens is 610 g/mol. The summed E-state index contributed by atoms with van der Waals surface area (Å²) in [5, 5.41) is 9.13. The van der Waals surface area contributed by atoms with Crippen LogP contribution in [0.15, 0.2) is 74.5 Å². The SMILES string of the molecule is O=C(O)c1ccc(COc2c(Br)cc(/C=C3/SC(=O)N(c4ccc(Cl)cc4)C3=O)cc2Br)cc1. The molecule has 1 N–H and O–H groups in total. The number of imide groups is 1. The number of aromatic carboxylic acids is 1. The molecule has 1 aliphatic heterocycles. The molecule has 0 aliphatic carbocycles. The Kier molecular flexibility index (Phi) is 7.47. The number of rotatable bonds is 6. The lowest BCUT2D eigenvalue weighted by Crippen LogP contribution is -2.27. The van der Waals surface area contributed by atoms with Gasteiger partial charge in [-0.1, -0.05) is 23.7 Å². The van der Waals surface area contributed by atoms with Crippen LogP contribution in [0.1, 0.15) is 21.5 Å². The molecule has 2 amide bonds. The molecule has 0 saturated carbocycles. The number of hydrogen-bond donors (Lipinski definition) is 1. The van der Waals surface area contributed by atoms with Crippen LogP contribution in [0.4, 0.5) is 10.5 Å². The number of carboxylic acid groups (broad SMARTS) is 1. The van der Waals surface area contributed by atoms with Gasteiger partial charge in [0.05, 0.1) is 25.1 Å². The van der Waals surface area contributed by atoms with Gasteiger partial charge in [0, 0.05) is 5.02 Å². The van der Waals surface area contributed by atoms with E-state index in [4.69, 9.17) is 21.4 Å². The van der Waals surface area contributed by atoms with Crippen LogP contribution in [0.3, 0.4) is 0 Å². The van der Waals surface area contributed by atoms with Crippen molar-refractivity contribution < 1.29 is 24.2 Å². The largest absolute Gasteiger partial charge is 0.487 e. The Labute approximate surface area is 220 Å². The van der Waals surface area contributed by atoms with Crippen molar-refractivity contribution in [2.24, 2.45) is 0 Å². The number of nitrogens with zero attached hydrogens (tertiary/aromatic N) is 1. The van der Waals surface area contributed by atoms with Crippen LogP contribution in [0.2, 0.25) is 5.02 Å². The summed E-state index contributed by atoms with van der Waals surface area (Å²) in [4.78, 5) is 37.7. The monoisotopic (exact) mass is 621 g/mol. The molecule has 1 aliphatic rings. The molecule has 1 saturated heterocycles. The van der Waals surface area contributed by atoms with E-state index in [0.29, 0.717) is 35.9 Å². The van der Waals surface area contributed by atoms with Gasteiger partial charge in [0.15, 0.2) is 0 Å². The zero-order valence-electron chi connectivity index (χ0n) is 17.1. The van der Waals surface area contributed by atoms with E-state index < -0.39 is 11.9 Å². The van der Waals surface area contributed by atoms with E-state index in [-0.39, 0.29) is 17.4 Å². The van der Waals surface area contributed by atoms with Crippen molar-refractivity contribution in [3.05, 3.63) is 96.2 Å². The molecule has 6 nitrogen and oxygen atoms in total. The van der Waals surface area contributed by atoms with Crippen molar-refractivity contribution in [2.75, 3.05) is 4.90 Å². The van der Waals surface area contributed by atoms with Gasteiger partial charge in [-0.2, -0.15) is 0 Å². The molecule has 0 atom stereocenters. The summed E-state index contributed by atoms with van der Waals surface area (Å²) < 4.78 is 7.19. The van der Waals surface area contributed by atoms with Gasteiger partial charge in [-0.25, -0.2) is 9.69 Å². The van der Waals surface area contributed by atoms with Crippen molar-refractivity contribution in [2.45, 2.75) is 6.61 Å². The number of carbonyl (C=O) groups is 3. The number of halogens is 3. The highest BCUT2D eigenvalue weighted by molar-refractivity contribution is 9.11. The van der Waals surface area contributed by atoms with Crippen LogP contribution in [-0.4, -0.2) is 22.2 Å². The number of carbonyl (C=O) groups excluding carboxylic acids is 2. The number of carboxylic acids is 1. The standard InChI is InChI=1S/C24H14Br2ClNO5S/c25-18-9-14(10-19(26)21(18)33-12-13-1-3-15(4-2-13)23(30)31)11-20-22(29)28(24(32)34-20)17-7-5-16(27)6-8-17/h1-11H,12H2,(H,30,31)/b20-11+. The van der Waals surface area contributed by atoms with Gasteiger partial charge >= 0.3 is 5.97 Å². The Morgan fingerprint density at radius 2 is 1.65 bits per heavy atom. The van der Waals surface area contributed by atoms with E-state index in [0.717, 1.165) is 22.2 Å². The van der Waals surface area contributed by atoms with E-state index in [1.165, 1.54) is 12.1 Å². The summed E-state index contributed by atoms with van der Waals surface area (Å²) in [7, 11) is 0. The number of thioether (sulfide) groups is 1. The molecule has 0 aromatic heterocycles. The van der Waals surface area contributed by atoms with Crippen molar-refractivity contribution in [1.82, 2.24) is 0 Å². The first-order chi connectivity index (χ1) is 16.2. The highest BCUT2D eigenvalue weighted by Crippen LogP contribution is 2.39. The number of amides is 2. The summed E-state index contributed by atoms with van der Waals surface area (Å²) in [6.45, 7) is 0.233. The van der Waals surface area contributed by atoms with Crippen LogP contribution in [-0.2, 0) is 11.4 Å². The third-order valence-corrected chi connectivity index (χ3v) is 7.08. The molecule has 3 aromatic rings. The molecule has 34 heavy (non-hydrogen) atoms. The van der Waals surface area contributed by atoms with E-state index in [9.17, 15) is 14.4 Å². The van der Waals surface area contributed by atoms with Crippen molar-refractivity contribution >= 4 is 84.1 Å². The molecule has 4 rings (SSSR count). The lowest BCUT2D eigenvalue weighted by molar-refractivity contribution is -0.113. The Hall–Kier alpha value is -2.59. The minimum atomic E-state index is -0.987. The van der Waals surface area contributed by atoms with Gasteiger partial charge in [-0.3, -0.25) is 9.59 Å². The predicted molar refractivity (Wildman–Crippen MR) is 139 cm³/mol. The third-order valence-electron chi connectivity index (χ3n) is 4.78. The maximum atomic E-state index is 12.9. The Morgan fingerprint density at radius 3 is 2.24 bits per heavy atom. The molecular formula is C24H14Br2ClNO5S. The Bertz CT molecular complexity index is 1300. The lowest BCUT2D eigenvalue weighted by Gasteiger charge is -2.12. The summed E-state index contributed by atoms with van der Waals surface area (Å²) in [6, 6.07) is 16.5. The fourth-order valence-electron chi connectivity index (χ4n) is 3.13. The first kappa shape index (κ1) is 24.5. The molecule has 0 spiro atoms. The van der Waals surface area contributed by atoms with Gasteiger partial charge < -0.3 is 9.84 Å². The van der Waals surface area contributed by atoms with E-state index >= 15 is 0 Å². The Morgan fingerprint density at radius 1 is 1.03 bits per heavy atom. The molecule has 0 bridgehead atoms. The van der Waals surface area contributed by atoms with Gasteiger partial charge in [0.2, 0.25) is 0 Å². The number of ether oxygens (including phenoxy) is 1. The van der Waals surface area contributed by atoms with Gasteiger partial charge in [-0.05, 0) is 109 Å². The fraction of sp³-hybridized carbons (Fsp3) is 0.0417. The Balaban J connectivity index is 1.51. The van der Waals surface area contributed by atoms with Crippen LogP contribution in [0, 0.1) is 0 Å². The first-order valence-electron chi connectivity index (χ1n) is 9.70. The highest BCUT2D eigenvalue weighted by atomic mass is 79.9. The summed E-state index contributed by atoms with van der Waals surface area (Å²) in [5.74, 6) is -0.844. The zero-order chi connectivity index (χ0) is 24.4. The second-order valence-corrected chi connectivity index (χ2v) is 10.2. The molecule has 0 unspecified atom stereocenters.